The first-order chi connectivity index (χ1) is 54.5. The summed E-state index contributed by atoms with van der Waals surface area (Å²) in [7, 11) is 0. The molecular weight excluding hydrogens is 1340 g/mol. The molecule has 0 radical (unpaired) electrons. The van der Waals surface area contributed by atoms with E-state index in [0.29, 0.717) is 34.9 Å². The average Bonchev–Trinajstić information content (AvgIpc) is 1.48. The monoisotopic (exact) mass is 1400 g/mol. The standard InChI is InChI=1S/2C51H31N3O/c1-2-13-34(14-3-1)49-52-50(35-26-24-33(25-27-35)39-21-10-17-32-12-6-7-18-38(32)39)54-51(53-49)44-29-28-42(40-19-8-9-20-41(40)44)43-22-11-23-46-48(43)45-30-36-15-4-5-16-37(36)31-47(45)55-46;1-2-12-34(13-3-1)49-52-50(35-24-21-33(22-25-35)39-26-23-32-11-4-5-14-36(32)29-39)54-51(53-49)44-28-27-42(40-17-8-9-18-41(40)44)43-19-10-20-46-48(43)45-30-37-15-6-7-16-38(37)31-47(45)55-46/h2*1-31H. The Kier molecular flexibility index (Phi) is 15.4. The second-order valence-electron chi connectivity index (χ2n) is 28.0. The molecule has 0 unspecified atom stereocenters. The predicted molar refractivity (Wildman–Crippen MR) is 454 cm³/mol. The lowest BCUT2D eigenvalue weighted by Gasteiger charge is -2.14. The lowest BCUT2D eigenvalue weighted by Crippen LogP contribution is -2.00. The molecule has 0 atom stereocenters. The molecule has 512 valence electrons. The third-order valence-electron chi connectivity index (χ3n) is 21.4. The van der Waals surface area contributed by atoms with Gasteiger partial charge in [0.2, 0.25) is 0 Å². The summed E-state index contributed by atoms with van der Waals surface area (Å²) in [5.41, 5.74) is 18.3. The van der Waals surface area contributed by atoms with Crippen LogP contribution >= 0.6 is 0 Å². The van der Waals surface area contributed by atoms with Crippen LogP contribution in [0.1, 0.15) is 0 Å². The molecule has 0 saturated carbocycles. The van der Waals surface area contributed by atoms with E-state index >= 15 is 0 Å². The van der Waals surface area contributed by atoms with Gasteiger partial charge in [0.15, 0.2) is 34.9 Å². The smallest absolute Gasteiger partial charge is 0.164 e. The van der Waals surface area contributed by atoms with Gasteiger partial charge in [-0.2, -0.15) is 0 Å². The fraction of sp³-hybridized carbons (Fsp3) is 0. The van der Waals surface area contributed by atoms with Gasteiger partial charge in [-0.05, 0) is 164 Å². The topological polar surface area (TPSA) is 104 Å². The molecule has 0 bridgehead atoms. The van der Waals surface area contributed by atoms with E-state index in [-0.39, 0.29) is 0 Å². The average molecular weight is 1400 g/mol. The molecule has 0 N–H and O–H groups in total. The van der Waals surface area contributed by atoms with Crippen LogP contribution in [0.4, 0.5) is 0 Å². The molecule has 0 amide bonds. The second kappa shape index (κ2) is 26.6. The zero-order valence-electron chi connectivity index (χ0n) is 59.3. The van der Waals surface area contributed by atoms with Crippen molar-refractivity contribution in [2.75, 3.05) is 0 Å². The minimum Gasteiger partial charge on any atom is -0.456 e. The molecule has 4 aromatic heterocycles. The van der Waals surface area contributed by atoms with Crippen LogP contribution in [0, 0.1) is 0 Å². The third-order valence-corrected chi connectivity index (χ3v) is 21.4. The van der Waals surface area contributed by atoms with Gasteiger partial charge in [-0.1, -0.05) is 322 Å². The van der Waals surface area contributed by atoms with E-state index in [2.05, 4.69) is 315 Å². The SMILES string of the molecule is c1ccc(-c2nc(-c3ccc(-c4ccc5ccccc5c4)cc3)nc(-c3ccc(-c4cccc5oc6cc7ccccc7cc6c45)c4ccccc34)n2)cc1.c1ccc(-c2nc(-c3ccc(-c4cccc5ccccc45)cc3)nc(-c3ccc(-c4cccc5oc6cc7ccccc7cc6c45)c4ccccc34)n2)cc1. The van der Waals surface area contributed by atoms with Crippen molar-refractivity contribution in [1.29, 1.82) is 0 Å². The van der Waals surface area contributed by atoms with Gasteiger partial charge < -0.3 is 8.83 Å². The summed E-state index contributed by atoms with van der Waals surface area (Å²) in [6, 6.07) is 132. The van der Waals surface area contributed by atoms with Gasteiger partial charge in [0.05, 0.1) is 0 Å². The van der Waals surface area contributed by atoms with Crippen molar-refractivity contribution in [3.05, 3.63) is 376 Å². The molecule has 22 rings (SSSR count). The Labute approximate surface area is 632 Å². The number of hydrogen-bond donors (Lipinski definition) is 0. The molecule has 0 fully saturated rings. The number of aromatic nitrogens is 6. The zero-order chi connectivity index (χ0) is 72.6. The summed E-state index contributed by atoms with van der Waals surface area (Å²) in [6.07, 6.45) is 0. The Morgan fingerprint density at radius 1 is 0.145 bits per heavy atom. The van der Waals surface area contributed by atoms with Gasteiger partial charge in [-0.25, -0.2) is 29.9 Å². The minimum absolute atomic E-state index is 0.628. The van der Waals surface area contributed by atoms with Crippen molar-refractivity contribution < 1.29 is 8.83 Å². The van der Waals surface area contributed by atoms with Crippen molar-refractivity contribution in [2.24, 2.45) is 0 Å². The highest BCUT2D eigenvalue weighted by Gasteiger charge is 2.23. The molecule has 8 nitrogen and oxygen atoms in total. The van der Waals surface area contributed by atoms with Crippen LogP contribution in [-0.2, 0) is 0 Å². The van der Waals surface area contributed by atoms with Crippen LogP contribution in [0.5, 0.6) is 0 Å². The van der Waals surface area contributed by atoms with Crippen LogP contribution in [0.2, 0.25) is 0 Å². The fourth-order valence-electron chi connectivity index (χ4n) is 16.1. The first-order valence-electron chi connectivity index (χ1n) is 37.0. The van der Waals surface area contributed by atoms with E-state index in [9.17, 15) is 0 Å². The maximum Gasteiger partial charge on any atom is 0.164 e. The highest BCUT2D eigenvalue weighted by molar-refractivity contribution is 6.20. The molecule has 110 heavy (non-hydrogen) atoms. The van der Waals surface area contributed by atoms with Crippen LogP contribution < -0.4 is 0 Å². The van der Waals surface area contributed by atoms with E-state index < -0.39 is 0 Å². The maximum atomic E-state index is 6.46. The van der Waals surface area contributed by atoms with E-state index in [1.54, 1.807) is 0 Å². The van der Waals surface area contributed by atoms with Crippen molar-refractivity contribution in [1.82, 2.24) is 29.9 Å². The van der Waals surface area contributed by atoms with Crippen molar-refractivity contribution >= 4 is 109 Å². The Balaban J connectivity index is 0.000000140. The Hall–Kier alpha value is -14.9. The van der Waals surface area contributed by atoms with Gasteiger partial charge in [-0.15, -0.1) is 0 Å². The number of furan rings is 2. The summed E-state index contributed by atoms with van der Waals surface area (Å²) in [4.78, 5) is 30.7. The second-order valence-corrected chi connectivity index (χ2v) is 28.0. The summed E-state index contributed by atoms with van der Waals surface area (Å²) in [5.74, 6) is 3.78. The summed E-state index contributed by atoms with van der Waals surface area (Å²) in [6.45, 7) is 0. The van der Waals surface area contributed by atoms with Crippen LogP contribution in [0.25, 0.3) is 221 Å². The molecule has 0 saturated heterocycles. The lowest BCUT2D eigenvalue weighted by molar-refractivity contribution is 0.669. The molecule has 8 heteroatoms. The first-order valence-corrected chi connectivity index (χ1v) is 37.0. The normalized spacial score (nSPS) is 11.6. The molecule has 0 aliphatic carbocycles. The Morgan fingerprint density at radius 3 is 0.936 bits per heavy atom. The molecule has 0 aliphatic heterocycles. The maximum absolute atomic E-state index is 6.46. The highest BCUT2D eigenvalue weighted by atomic mass is 16.3. The molecular formula is C102H62N6O2. The molecule has 0 aliphatic rings. The lowest BCUT2D eigenvalue weighted by atomic mass is 9.92. The van der Waals surface area contributed by atoms with Gasteiger partial charge in [0, 0.05) is 54.9 Å². The van der Waals surface area contributed by atoms with Gasteiger partial charge in [0.1, 0.15) is 22.3 Å². The fourth-order valence-corrected chi connectivity index (χ4v) is 16.1. The molecule has 0 spiro atoms. The Morgan fingerprint density at radius 2 is 0.464 bits per heavy atom. The number of nitrogens with zero attached hydrogens (tertiary/aromatic N) is 6. The van der Waals surface area contributed by atoms with E-state index in [1.807, 2.05) is 60.7 Å². The first kappa shape index (κ1) is 63.6. The number of fused-ring (bicyclic) bond motifs is 12. The number of rotatable bonds is 10. The summed E-state index contributed by atoms with van der Waals surface area (Å²) >= 11 is 0. The zero-order valence-corrected chi connectivity index (χ0v) is 59.3. The third kappa shape index (κ3) is 11.3. The van der Waals surface area contributed by atoms with E-state index in [0.717, 1.165) is 143 Å². The van der Waals surface area contributed by atoms with Crippen LogP contribution in [-0.4, -0.2) is 29.9 Å². The van der Waals surface area contributed by atoms with Gasteiger partial charge in [-0.3, -0.25) is 0 Å². The Bertz CT molecular complexity index is 7390. The summed E-state index contributed by atoms with van der Waals surface area (Å²) < 4.78 is 12.9. The summed E-state index contributed by atoms with van der Waals surface area (Å²) in [5, 5.41) is 18.4. The number of benzene rings is 18. The molecule has 4 heterocycles. The van der Waals surface area contributed by atoms with Gasteiger partial charge >= 0.3 is 0 Å². The van der Waals surface area contributed by atoms with Crippen molar-refractivity contribution in [3.8, 4) is 113 Å². The van der Waals surface area contributed by atoms with Crippen molar-refractivity contribution in [3.63, 3.8) is 0 Å². The van der Waals surface area contributed by atoms with Crippen LogP contribution in [0.15, 0.2) is 385 Å². The van der Waals surface area contributed by atoms with E-state index in [1.165, 1.54) is 43.4 Å². The molecule has 18 aromatic carbocycles. The van der Waals surface area contributed by atoms with Gasteiger partial charge in [0.25, 0.3) is 0 Å². The quantitative estimate of drug-likeness (QED) is 0.133. The minimum atomic E-state index is 0.628. The van der Waals surface area contributed by atoms with E-state index in [4.69, 9.17) is 38.7 Å². The largest absolute Gasteiger partial charge is 0.456 e. The highest BCUT2D eigenvalue weighted by Crippen LogP contribution is 2.46. The van der Waals surface area contributed by atoms with Crippen molar-refractivity contribution in [2.45, 2.75) is 0 Å². The number of hydrogen-bond acceptors (Lipinski definition) is 8. The molecule has 22 aromatic rings. The predicted octanol–water partition coefficient (Wildman–Crippen LogP) is 27.1. The van der Waals surface area contributed by atoms with Crippen LogP contribution in [0.3, 0.4) is 0 Å².